The fourth-order valence-corrected chi connectivity index (χ4v) is 3.57. The second-order valence-corrected chi connectivity index (χ2v) is 7.16. The van der Waals surface area contributed by atoms with Crippen molar-refractivity contribution in [2.75, 3.05) is 12.3 Å². The third kappa shape index (κ3) is 2.94. The van der Waals surface area contributed by atoms with E-state index in [4.69, 9.17) is 5.73 Å². The summed E-state index contributed by atoms with van der Waals surface area (Å²) in [7, 11) is 0. The molecule has 108 valence electrons. The maximum atomic E-state index is 12.7. The topological polar surface area (TPSA) is 46.3 Å². The summed E-state index contributed by atoms with van der Waals surface area (Å²) in [6.07, 6.45) is 0.818. The van der Waals surface area contributed by atoms with E-state index in [1.165, 1.54) is 5.56 Å². The maximum Gasteiger partial charge on any atom is 0.255 e. The molecule has 1 aliphatic rings. The molecule has 0 atom stereocenters. The molecular formula is C16H14BrIN2O. The lowest BCUT2D eigenvalue weighted by molar-refractivity contribution is 0.0733. The SMILES string of the molecule is Nc1cccc2c1CCN(C(=O)c1cc(Br)ccc1I)C2. The lowest BCUT2D eigenvalue weighted by Crippen LogP contribution is -2.36. The van der Waals surface area contributed by atoms with E-state index >= 15 is 0 Å². The van der Waals surface area contributed by atoms with Gasteiger partial charge in [-0.2, -0.15) is 0 Å². The molecule has 2 N–H and O–H groups in total. The third-order valence-electron chi connectivity index (χ3n) is 3.75. The van der Waals surface area contributed by atoms with E-state index < -0.39 is 0 Å². The Kier molecular flexibility index (Phi) is 4.21. The van der Waals surface area contributed by atoms with Gasteiger partial charge in [0.05, 0.1) is 5.56 Å². The van der Waals surface area contributed by atoms with Gasteiger partial charge in [0.2, 0.25) is 0 Å². The van der Waals surface area contributed by atoms with E-state index in [1.54, 1.807) is 0 Å². The van der Waals surface area contributed by atoms with Crippen molar-refractivity contribution in [2.45, 2.75) is 13.0 Å². The number of amides is 1. The number of nitrogen functional groups attached to an aromatic ring is 1. The fourth-order valence-electron chi connectivity index (χ4n) is 2.64. The van der Waals surface area contributed by atoms with E-state index in [-0.39, 0.29) is 5.91 Å². The first kappa shape index (κ1) is 14.8. The molecule has 5 heteroatoms. The monoisotopic (exact) mass is 456 g/mol. The minimum absolute atomic E-state index is 0.0776. The van der Waals surface area contributed by atoms with Gasteiger partial charge in [-0.3, -0.25) is 4.79 Å². The largest absolute Gasteiger partial charge is 0.398 e. The highest BCUT2D eigenvalue weighted by molar-refractivity contribution is 14.1. The van der Waals surface area contributed by atoms with Gasteiger partial charge in [-0.25, -0.2) is 0 Å². The average molecular weight is 457 g/mol. The second-order valence-electron chi connectivity index (χ2n) is 5.09. The van der Waals surface area contributed by atoms with Crippen LogP contribution in [-0.2, 0) is 13.0 Å². The number of anilines is 1. The minimum Gasteiger partial charge on any atom is -0.398 e. The number of carbonyl (C=O) groups excluding carboxylic acids is 1. The number of hydrogen-bond donors (Lipinski definition) is 1. The molecule has 3 nitrogen and oxygen atoms in total. The zero-order valence-electron chi connectivity index (χ0n) is 11.3. The molecule has 1 amide bonds. The van der Waals surface area contributed by atoms with Crippen LogP contribution >= 0.6 is 38.5 Å². The predicted octanol–water partition coefficient (Wildman–Crippen LogP) is 3.83. The number of rotatable bonds is 1. The Bertz CT molecular complexity index is 717. The fraction of sp³-hybridized carbons (Fsp3) is 0.188. The van der Waals surface area contributed by atoms with Crippen LogP contribution in [0.2, 0.25) is 0 Å². The summed E-state index contributed by atoms with van der Waals surface area (Å²) in [5.41, 5.74) is 9.92. The number of benzene rings is 2. The van der Waals surface area contributed by atoms with Gasteiger partial charge < -0.3 is 10.6 Å². The molecule has 21 heavy (non-hydrogen) atoms. The van der Waals surface area contributed by atoms with E-state index in [2.05, 4.69) is 44.6 Å². The standard InChI is InChI=1S/C16H14BrIN2O/c17-11-4-5-14(18)13(8-11)16(21)20-7-6-12-10(9-20)2-1-3-15(12)19/h1-5,8H,6-7,9,19H2. The molecule has 0 saturated heterocycles. The number of halogens is 2. The molecule has 1 aliphatic heterocycles. The molecule has 0 unspecified atom stereocenters. The van der Waals surface area contributed by atoms with E-state index in [0.29, 0.717) is 13.1 Å². The van der Waals surface area contributed by atoms with Crippen LogP contribution in [0.15, 0.2) is 40.9 Å². The Balaban J connectivity index is 1.89. The molecule has 2 aromatic carbocycles. The van der Waals surface area contributed by atoms with Crippen molar-refractivity contribution < 1.29 is 4.79 Å². The molecule has 3 rings (SSSR count). The highest BCUT2D eigenvalue weighted by Gasteiger charge is 2.24. The van der Waals surface area contributed by atoms with Gasteiger partial charge in [-0.1, -0.05) is 28.1 Å². The molecule has 2 aromatic rings. The zero-order chi connectivity index (χ0) is 15.0. The van der Waals surface area contributed by atoms with Gasteiger partial charge in [0.15, 0.2) is 0 Å². The molecule has 0 fully saturated rings. The molecule has 0 radical (unpaired) electrons. The van der Waals surface area contributed by atoms with E-state index in [1.807, 2.05) is 35.2 Å². The summed E-state index contributed by atoms with van der Waals surface area (Å²) in [6, 6.07) is 11.7. The van der Waals surface area contributed by atoms with Crippen LogP contribution in [-0.4, -0.2) is 17.4 Å². The Labute approximate surface area is 145 Å². The Morgan fingerprint density at radius 3 is 2.90 bits per heavy atom. The van der Waals surface area contributed by atoms with Gasteiger partial charge in [0.25, 0.3) is 5.91 Å². The summed E-state index contributed by atoms with van der Waals surface area (Å²) in [4.78, 5) is 14.6. The quantitative estimate of drug-likeness (QED) is 0.523. The van der Waals surface area contributed by atoms with Crippen LogP contribution in [0.4, 0.5) is 5.69 Å². The first-order valence-corrected chi connectivity index (χ1v) is 8.54. The van der Waals surface area contributed by atoms with E-state index in [0.717, 1.165) is 31.3 Å². The van der Waals surface area contributed by atoms with Crippen LogP contribution < -0.4 is 5.73 Å². The first-order valence-electron chi connectivity index (χ1n) is 6.67. The van der Waals surface area contributed by atoms with Gasteiger partial charge in [0.1, 0.15) is 0 Å². The number of nitrogens with two attached hydrogens (primary N) is 1. The molecular weight excluding hydrogens is 443 g/mol. The predicted molar refractivity (Wildman–Crippen MR) is 96.2 cm³/mol. The molecule has 0 aromatic heterocycles. The van der Waals surface area contributed by atoms with Crippen molar-refractivity contribution in [1.29, 1.82) is 0 Å². The van der Waals surface area contributed by atoms with Crippen molar-refractivity contribution >= 4 is 50.1 Å². The van der Waals surface area contributed by atoms with Crippen LogP contribution in [0.1, 0.15) is 21.5 Å². The molecule has 1 heterocycles. The molecule has 0 aliphatic carbocycles. The van der Waals surface area contributed by atoms with Gasteiger partial charge >= 0.3 is 0 Å². The second kappa shape index (κ2) is 5.96. The lowest BCUT2D eigenvalue weighted by Gasteiger charge is -2.30. The zero-order valence-corrected chi connectivity index (χ0v) is 15.0. The van der Waals surface area contributed by atoms with Crippen molar-refractivity contribution in [1.82, 2.24) is 4.90 Å². The first-order chi connectivity index (χ1) is 10.1. The summed E-state index contributed by atoms with van der Waals surface area (Å²) in [5, 5.41) is 0. The number of hydrogen-bond acceptors (Lipinski definition) is 2. The van der Waals surface area contributed by atoms with Crippen LogP contribution in [0.5, 0.6) is 0 Å². The van der Waals surface area contributed by atoms with Crippen LogP contribution in [0, 0.1) is 3.57 Å². The summed E-state index contributed by atoms with van der Waals surface area (Å²) in [6.45, 7) is 1.34. The average Bonchev–Trinajstić information content (AvgIpc) is 2.49. The molecule has 0 spiro atoms. The van der Waals surface area contributed by atoms with Gasteiger partial charge in [0, 0.05) is 26.8 Å². The van der Waals surface area contributed by atoms with Crippen LogP contribution in [0.25, 0.3) is 0 Å². The van der Waals surface area contributed by atoms with E-state index in [9.17, 15) is 4.79 Å². The van der Waals surface area contributed by atoms with Crippen molar-refractivity contribution in [3.8, 4) is 0 Å². The van der Waals surface area contributed by atoms with Gasteiger partial charge in [-0.15, -0.1) is 0 Å². The Morgan fingerprint density at radius 1 is 1.29 bits per heavy atom. The highest BCUT2D eigenvalue weighted by Crippen LogP contribution is 2.26. The third-order valence-corrected chi connectivity index (χ3v) is 5.18. The smallest absolute Gasteiger partial charge is 0.255 e. The van der Waals surface area contributed by atoms with Crippen LogP contribution in [0.3, 0.4) is 0 Å². The minimum atomic E-state index is 0.0776. The van der Waals surface area contributed by atoms with Crippen molar-refractivity contribution in [2.24, 2.45) is 0 Å². The molecule has 0 bridgehead atoms. The summed E-state index contributed by atoms with van der Waals surface area (Å²) >= 11 is 5.64. The number of carbonyl (C=O) groups is 1. The summed E-state index contributed by atoms with van der Waals surface area (Å²) < 4.78 is 1.90. The highest BCUT2D eigenvalue weighted by atomic mass is 127. The summed E-state index contributed by atoms with van der Waals surface area (Å²) in [5.74, 6) is 0.0776. The van der Waals surface area contributed by atoms with Gasteiger partial charge in [-0.05, 0) is 64.4 Å². The Hall–Kier alpha value is -1.08. The molecule has 0 saturated carbocycles. The number of nitrogens with zero attached hydrogens (tertiary/aromatic N) is 1. The van der Waals surface area contributed by atoms with Crippen molar-refractivity contribution in [3.63, 3.8) is 0 Å². The Morgan fingerprint density at radius 2 is 2.10 bits per heavy atom. The van der Waals surface area contributed by atoms with Crippen molar-refractivity contribution in [3.05, 3.63) is 61.1 Å². The number of fused-ring (bicyclic) bond motifs is 1. The lowest BCUT2D eigenvalue weighted by atomic mass is 9.97. The normalized spacial score (nSPS) is 13.9. The maximum absolute atomic E-state index is 12.7.